The molecule has 1 aromatic carbocycles. The molecule has 118 valence electrons. The number of hydrogen-bond donors (Lipinski definition) is 0. The number of carbonyl (C=O) groups is 1. The number of benzene rings is 1. The van der Waals surface area contributed by atoms with E-state index in [0.717, 1.165) is 54.7 Å². The van der Waals surface area contributed by atoms with Crippen molar-refractivity contribution in [1.82, 2.24) is 9.88 Å². The molecule has 1 atom stereocenters. The van der Waals surface area contributed by atoms with E-state index in [1.165, 1.54) is 6.42 Å². The first-order valence-electron chi connectivity index (χ1n) is 7.89. The fraction of sp³-hybridized carbons (Fsp3) is 0.529. The molecule has 2 aromatic rings. The Hall–Kier alpha value is -1.46. The van der Waals surface area contributed by atoms with Crippen LogP contribution in [0.5, 0.6) is 0 Å². The molecule has 0 N–H and O–H groups in total. The highest BCUT2D eigenvalue weighted by atomic mass is 32.1. The monoisotopic (exact) mass is 318 g/mol. The van der Waals surface area contributed by atoms with Crippen LogP contribution in [0.4, 0.5) is 0 Å². The number of nitrogens with zero attached hydrogens (tertiary/aromatic N) is 2. The number of methoxy groups -OCH3 is 1. The lowest BCUT2D eigenvalue weighted by molar-refractivity contribution is 0.0660. The Bertz CT molecular complexity index is 640. The summed E-state index contributed by atoms with van der Waals surface area (Å²) in [6.07, 6.45) is 4.54. The van der Waals surface area contributed by atoms with Crippen LogP contribution in [-0.2, 0) is 4.74 Å². The van der Waals surface area contributed by atoms with Crippen molar-refractivity contribution in [3.8, 4) is 0 Å². The summed E-state index contributed by atoms with van der Waals surface area (Å²) in [6, 6.07) is 5.85. The predicted octanol–water partition coefficient (Wildman–Crippen LogP) is 3.58. The van der Waals surface area contributed by atoms with Gasteiger partial charge in [-0.05, 0) is 49.8 Å². The van der Waals surface area contributed by atoms with Gasteiger partial charge in [0.25, 0.3) is 5.91 Å². The molecule has 22 heavy (non-hydrogen) atoms. The normalized spacial score (nSPS) is 18.8. The highest BCUT2D eigenvalue weighted by Crippen LogP contribution is 2.24. The van der Waals surface area contributed by atoms with Gasteiger partial charge in [-0.3, -0.25) is 4.79 Å². The number of thiazole rings is 1. The van der Waals surface area contributed by atoms with Gasteiger partial charge >= 0.3 is 0 Å². The molecule has 4 nitrogen and oxygen atoms in total. The minimum absolute atomic E-state index is 0.145. The van der Waals surface area contributed by atoms with Crippen LogP contribution in [0.2, 0.25) is 0 Å². The number of carbonyl (C=O) groups excluding carboxylic acids is 1. The molecule has 0 spiro atoms. The fourth-order valence-electron chi connectivity index (χ4n) is 3.17. The number of aromatic nitrogens is 1. The summed E-state index contributed by atoms with van der Waals surface area (Å²) < 4.78 is 6.26. The van der Waals surface area contributed by atoms with Gasteiger partial charge in [-0.1, -0.05) is 0 Å². The van der Waals surface area contributed by atoms with Crippen molar-refractivity contribution in [2.24, 2.45) is 5.92 Å². The maximum absolute atomic E-state index is 12.7. The molecule has 1 aliphatic rings. The molecular weight excluding hydrogens is 296 g/mol. The molecule has 3 rings (SSSR count). The molecular formula is C17H22N2O2S. The minimum Gasteiger partial charge on any atom is -0.385 e. The van der Waals surface area contributed by atoms with Crippen LogP contribution in [0.15, 0.2) is 23.7 Å². The molecule has 0 saturated carbocycles. The van der Waals surface area contributed by atoms with Gasteiger partial charge in [0.1, 0.15) is 0 Å². The smallest absolute Gasteiger partial charge is 0.253 e. The quantitative estimate of drug-likeness (QED) is 0.791. The highest BCUT2D eigenvalue weighted by molar-refractivity contribution is 7.16. The largest absolute Gasteiger partial charge is 0.385 e. The lowest BCUT2D eigenvalue weighted by Crippen LogP contribution is -2.40. The Morgan fingerprint density at radius 2 is 2.41 bits per heavy atom. The first kappa shape index (κ1) is 15.4. The van der Waals surface area contributed by atoms with Gasteiger partial charge in [-0.2, -0.15) is 0 Å². The van der Waals surface area contributed by atoms with Gasteiger partial charge in [-0.25, -0.2) is 4.98 Å². The fourth-order valence-corrected chi connectivity index (χ4v) is 3.83. The molecule has 0 radical (unpaired) electrons. The second-order valence-corrected chi connectivity index (χ2v) is 6.82. The maximum atomic E-state index is 12.7. The van der Waals surface area contributed by atoms with Crippen molar-refractivity contribution >= 4 is 27.5 Å². The second-order valence-electron chi connectivity index (χ2n) is 5.93. The van der Waals surface area contributed by atoms with Crippen molar-refractivity contribution in [3.05, 3.63) is 29.3 Å². The Morgan fingerprint density at radius 1 is 1.50 bits per heavy atom. The van der Waals surface area contributed by atoms with Crippen molar-refractivity contribution in [2.45, 2.75) is 25.7 Å². The molecule has 1 unspecified atom stereocenters. The number of amides is 1. The zero-order chi connectivity index (χ0) is 15.4. The Morgan fingerprint density at radius 3 is 3.27 bits per heavy atom. The average Bonchev–Trinajstić information content (AvgIpc) is 3.02. The summed E-state index contributed by atoms with van der Waals surface area (Å²) in [4.78, 5) is 19.0. The topological polar surface area (TPSA) is 42.4 Å². The van der Waals surface area contributed by atoms with Gasteiger partial charge in [0, 0.05) is 32.4 Å². The highest BCUT2D eigenvalue weighted by Gasteiger charge is 2.24. The number of ether oxygens (including phenoxy) is 1. The van der Waals surface area contributed by atoms with Crippen LogP contribution in [0.3, 0.4) is 0 Å². The third-order valence-electron chi connectivity index (χ3n) is 4.34. The molecule has 0 aliphatic carbocycles. The van der Waals surface area contributed by atoms with Gasteiger partial charge in [0.2, 0.25) is 0 Å². The molecule has 1 aliphatic heterocycles. The van der Waals surface area contributed by atoms with E-state index in [0.29, 0.717) is 5.92 Å². The van der Waals surface area contributed by atoms with Crippen LogP contribution >= 0.6 is 11.3 Å². The van der Waals surface area contributed by atoms with E-state index in [1.807, 2.05) is 28.6 Å². The zero-order valence-corrected chi connectivity index (χ0v) is 13.8. The van der Waals surface area contributed by atoms with Crippen molar-refractivity contribution in [1.29, 1.82) is 0 Å². The van der Waals surface area contributed by atoms with Crippen molar-refractivity contribution in [2.75, 3.05) is 26.8 Å². The summed E-state index contributed by atoms with van der Waals surface area (Å²) >= 11 is 1.61. The molecule has 1 amide bonds. The number of fused-ring (bicyclic) bond motifs is 1. The molecule has 1 saturated heterocycles. The van der Waals surface area contributed by atoms with Crippen LogP contribution in [0.25, 0.3) is 10.2 Å². The maximum Gasteiger partial charge on any atom is 0.253 e. The van der Waals surface area contributed by atoms with Crippen molar-refractivity contribution < 1.29 is 9.53 Å². The number of hydrogen-bond acceptors (Lipinski definition) is 4. The predicted molar refractivity (Wildman–Crippen MR) is 89.4 cm³/mol. The van der Waals surface area contributed by atoms with E-state index in [1.54, 1.807) is 18.4 Å². The average molecular weight is 318 g/mol. The van der Waals surface area contributed by atoms with Gasteiger partial charge in [-0.15, -0.1) is 11.3 Å². The number of likely N-dealkylation sites (tertiary alicyclic amines) is 1. The Labute approximate surface area is 135 Å². The second kappa shape index (κ2) is 7.20. The molecule has 2 heterocycles. The third kappa shape index (κ3) is 3.47. The van der Waals surface area contributed by atoms with Gasteiger partial charge in [0.05, 0.1) is 15.7 Å². The Kier molecular flexibility index (Phi) is 5.05. The third-order valence-corrected chi connectivity index (χ3v) is 5.15. The van der Waals surface area contributed by atoms with Gasteiger partial charge < -0.3 is 9.64 Å². The SMILES string of the molecule is COCCCC1CCCN(C(=O)c2ccc3scnc3c2)C1. The van der Waals surface area contributed by atoms with Gasteiger partial charge in [0.15, 0.2) is 0 Å². The van der Waals surface area contributed by atoms with Crippen LogP contribution in [0.1, 0.15) is 36.0 Å². The summed E-state index contributed by atoms with van der Waals surface area (Å²) in [6.45, 7) is 2.55. The summed E-state index contributed by atoms with van der Waals surface area (Å²) in [7, 11) is 1.74. The Balaban J connectivity index is 1.65. The summed E-state index contributed by atoms with van der Waals surface area (Å²) in [5, 5.41) is 0. The summed E-state index contributed by atoms with van der Waals surface area (Å²) in [5.74, 6) is 0.752. The summed E-state index contributed by atoms with van der Waals surface area (Å²) in [5.41, 5.74) is 3.51. The van der Waals surface area contributed by atoms with E-state index in [2.05, 4.69) is 4.98 Å². The molecule has 1 fully saturated rings. The number of piperidine rings is 1. The molecule has 5 heteroatoms. The van der Waals surface area contributed by atoms with Crippen LogP contribution < -0.4 is 0 Å². The van der Waals surface area contributed by atoms with E-state index in [-0.39, 0.29) is 5.91 Å². The van der Waals surface area contributed by atoms with Crippen molar-refractivity contribution in [3.63, 3.8) is 0 Å². The standard InChI is InChI=1S/C17H22N2O2S/c1-21-9-3-5-13-4-2-8-19(11-13)17(20)14-6-7-16-15(10-14)18-12-22-16/h6-7,10,12-13H,2-5,8-9,11H2,1H3. The first-order valence-corrected chi connectivity index (χ1v) is 8.77. The minimum atomic E-state index is 0.145. The lowest BCUT2D eigenvalue weighted by Gasteiger charge is -2.33. The molecule has 1 aromatic heterocycles. The van der Waals surface area contributed by atoms with Crippen LogP contribution in [0, 0.1) is 5.92 Å². The number of rotatable bonds is 5. The zero-order valence-electron chi connectivity index (χ0n) is 13.0. The van der Waals surface area contributed by atoms with E-state index in [9.17, 15) is 4.79 Å². The first-order chi connectivity index (χ1) is 10.8. The molecule has 0 bridgehead atoms. The lowest BCUT2D eigenvalue weighted by atomic mass is 9.93. The van der Waals surface area contributed by atoms with Crippen LogP contribution in [-0.4, -0.2) is 42.6 Å². The van der Waals surface area contributed by atoms with E-state index >= 15 is 0 Å². The van der Waals surface area contributed by atoms with E-state index in [4.69, 9.17) is 4.74 Å². The van der Waals surface area contributed by atoms with E-state index < -0.39 is 0 Å².